The number of nitrogens with zero attached hydrogens (tertiary/aromatic N) is 2. The van der Waals surface area contributed by atoms with Crippen LogP contribution < -0.4 is 11.1 Å². The molecule has 5 heteroatoms. The molecule has 3 aromatic carbocycles. The molecule has 5 nitrogen and oxygen atoms in total. The van der Waals surface area contributed by atoms with E-state index in [0.717, 1.165) is 38.8 Å². The van der Waals surface area contributed by atoms with E-state index in [-0.39, 0.29) is 12.3 Å². The lowest BCUT2D eigenvalue weighted by atomic mass is 10.0. The number of aromatic nitrogens is 2. The van der Waals surface area contributed by atoms with Gasteiger partial charge in [0.05, 0.1) is 6.42 Å². The highest BCUT2D eigenvalue weighted by Crippen LogP contribution is 2.32. The van der Waals surface area contributed by atoms with Gasteiger partial charge in [0.25, 0.3) is 0 Å². The molecule has 138 valence electrons. The van der Waals surface area contributed by atoms with Gasteiger partial charge in [-0.25, -0.2) is 0 Å². The normalized spacial score (nSPS) is 10.8. The van der Waals surface area contributed by atoms with Gasteiger partial charge in [0.1, 0.15) is 5.69 Å². The number of rotatable bonds is 5. The summed E-state index contributed by atoms with van der Waals surface area (Å²) in [5.74, 6) is 0.347. The third-order valence-corrected chi connectivity index (χ3v) is 4.68. The molecule has 0 aliphatic carbocycles. The molecule has 0 unspecified atom stereocenters. The quantitative estimate of drug-likeness (QED) is 0.548. The molecular weight excluding hydrogens is 348 g/mol. The number of hydrogen-bond acceptors (Lipinski definition) is 4. The number of hydrogen-bond donors (Lipinski definition) is 2. The van der Waals surface area contributed by atoms with Crippen LogP contribution in [-0.4, -0.2) is 16.1 Å². The van der Waals surface area contributed by atoms with Gasteiger partial charge in [0.2, 0.25) is 5.91 Å². The fraction of sp³-hybridized carbons (Fsp3) is 0.0870. The summed E-state index contributed by atoms with van der Waals surface area (Å²) in [6.07, 6.45) is 0.230. The highest BCUT2D eigenvalue weighted by molar-refractivity contribution is 6.01. The van der Waals surface area contributed by atoms with Crippen molar-refractivity contribution >= 4 is 28.2 Å². The van der Waals surface area contributed by atoms with E-state index >= 15 is 0 Å². The molecule has 0 atom stereocenters. The van der Waals surface area contributed by atoms with Gasteiger partial charge in [-0.05, 0) is 30.2 Å². The van der Waals surface area contributed by atoms with Crippen molar-refractivity contribution in [2.45, 2.75) is 13.3 Å². The Hall–Kier alpha value is -3.73. The molecule has 3 N–H and O–H groups in total. The molecule has 0 spiro atoms. The zero-order chi connectivity index (χ0) is 19.5. The maximum absolute atomic E-state index is 11.1. The van der Waals surface area contributed by atoms with Crippen molar-refractivity contribution in [2.75, 3.05) is 5.32 Å². The summed E-state index contributed by atoms with van der Waals surface area (Å²) in [6, 6.07) is 23.8. The second-order valence-corrected chi connectivity index (χ2v) is 6.72. The summed E-state index contributed by atoms with van der Waals surface area (Å²) in [6.45, 7) is 2.07. The Kier molecular flexibility index (Phi) is 4.72. The highest BCUT2D eigenvalue weighted by Gasteiger charge is 2.12. The van der Waals surface area contributed by atoms with Gasteiger partial charge in [0, 0.05) is 22.0 Å². The van der Waals surface area contributed by atoms with E-state index in [1.165, 1.54) is 0 Å². The molecule has 0 fully saturated rings. The molecule has 0 aliphatic rings. The van der Waals surface area contributed by atoms with Crippen LogP contribution in [0.1, 0.15) is 11.1 Å². The van der Waals surface area contributed by atoms with Gasteiger partial charge in [0.15, 0.2) is 5.82 Å². The maximum atomic E-state index is 11.1. The molecule has 0 aliphatic heterocycles. The van der Waals surface area contributed by atoms with Crippen LogP contribution in [-0.2, 0) is 11.2 Å². The first-order valence-corrected chi connectivity index (χ1v) is 9.07. The number of amides is 1. The Balaban J connectivity index is 1.72. The topological polar surface area (TPSA) is 80.9 Å². The van der Waals surface area contributed by atoms with Gasteiger partial charge < -0.3 is 11.1 Å². The van der Waals surface area contributed by atoms with Gasteiger partial charge in [-0.3, -0.25) is 4.79 Å². The Bertz CT molecular complexity index is 1150. The molecular formula is C23H20N4O. The number of nitrogens with two attached hydrogens (primary N) is 1. The van der Waals surface area contributed by atoms with Crippen LogP contribution in [0.3, 0.4) is 0 Å². The Morgan fingerprint density at radius 2 is 1.57 bits per heavy atom. The van der Waals surface area contributed by atoms with Crippen LogP contribution in [0, 0.1) is 6.92 Å². The number of nitrogens with one attached hydrogen (secondary N) is 1. The number of fused-ring (bicyclic) bond motifs is 1. The number of carbonyl (C=O) groups excluding carboxylic acids is 1. The van der Waals surface area contributed by atoms with Crippen LogP contribution in [0.2, 0.25) is 0 Å². The highest BCUT2D eigenvalue weighted by atomic mass is 16.1. The molecule has 1 amide bonds. The van der Waals surface area contributed by atoms with Gasteiger partial charge in [-0.1, -0.05) is 60.7 Å². The number of carbonyl (C=O) groups is 1. The third-order valence-electron chi connectivity index (χ3n) is 4.68. The monoisotopic (exact) mass is 368 g/mol. The summed E-state index contributed by atoms with van der Waals surface area (Å²) < 4.78 is 0. The summed E-state index contributed by atoms with van der Waals surface area (Å²) >= 11 is 0. The molecule has 0 radical (unpaired) electrons. The average molecular weight is 368 g/mol. The van der Waals surface area contributed by atoms with E-state index in [1.807, 2.05) is 54.6 Å². The van der Waals surface area contributed by atoms with Crippen LogP contribution in [0.4, 0.5) is 11.5 Å². The van der Waals surface area contributed by atoms with E-state index in [9.17, 15) is 4.79 Å². The SMILES string of the molecule is Cc1ccccc1-c1nnc(Nc2ccc(CC(N)=O)cc2)c2ccccc12. The first-order chi connectivity index (χ1) is 13.6. The minimum absolute atomic E-state index is 0.230. The lowest BCUT2D eigenvalue weighted by molar-refractivity contribution is -0.117. The molecule has 28 heavy (non-hydrogen) atoms. The molecule has 0 saturated carbocycles. The van der Waals surface area contributed by atoms with E-state index in [1.54, 1.807) is 0 Å². The summed E-state index contributed by atoms with van der Waals surface area (Å²) in [7, 11) is 0. The zero-order valence-corrected chi connectivity index (χ0v) is 15.5. The van der Waals surface area contributed by atoms with E-state index in [2.05, 4.69) is 40.6 Å². The average Bonchev–Trinajstić information content (AvgIpc) is 2.70. The number of aryl methyl sites for hydroxylation is 1. The molecule has 4 rings (SSSR count). The Labute approximate surface area is 163 Å². The zero-order valence-electron chi connectivity index (χ0n) is 15.5. The van der Waals surface area contributed by atoms with Crippen LogP contribution in [0.5, 0.6) is 0 Å². The molecule has 0 saturated heterocycles. The number of benzene rings is 3. The number of primary amides is 1. The largest absolute Gasteiger partial charge is 0.369 e. The third kappa shape index (κ3) is 3.55. The van der Waals surface area contributed by atoms with Crippen molar-refractivity contribution in [3.63, 3.8) is 0 Å². The number of anilines is 2. The minimum Gasteiger partial charge on any atom is -0.369 e. The van der Waals surface area contributed by atoms with Gasteiger partial charge >= 0.3 is 0 Å². The molecule has 4 aromatic rings. The minimum atomic E-state index is -0.343. The summed E-state index contributed by atoms with van der Waals surface area (Å²) in [4.78, 5) is 11.1. The van der Waals surface area contributed by atoms with Crippen molar-refractivity contribution in [2.24, 2.45) is 5.73 Å². The predicted molar refractivity (Wildman–Crippen MR) is 112 cm³/mol. The van der Waals surface area contributed by atoms with E-state index < -0.39 is 0 Å². The van der Waals surface area contributed by atoms with Crippen molar-refractivity contribution in [3.05, 3.63) is 83.9 Å². The van der Waals surface area contributed by atoms with Crippen molar-refractivity contribution in [1.82, 2.24) is 10.2 Å². The van der Waals surface area contributed by atoms with E-state index in [0.29, 0.717) is 5.82 Å². The van der Waals surface area contributed by atoms with Crippen molar-refractivity contribution < 1.29 is 4.79 Å². The first kappa shape index (κ1) is 17.7. The predicted octanol–water partition coefficient (Wildman–Crippen LogP) is 4.38. The lowest BCUT2D eigenvalue weighted by Crippen LogP contribution is -2.13. The second-order valence-electron chi connectivity index (χ2n) is 6.72. The molecule has 1 aromatic heterocycles. The van der Waals surface area contributed by atoms with Gasteiger partial charge in [-0.2, -0.15) is 0 Å². The smallest absolute Gasteiger partial charge is 0.221 e. The first-order valence-electron chi connectivity index (χ1n) is 9.07. The van der Waals surface area contributed by atoms with Crippen molar-refractivity contribution in [3.8, 4) is 11.3 Å². The van der Waals surface area contributed by atoms with Crippen LogP contribution in [0.25, 0.3) is 22.0 Å². The van der Waals surface area contributed by atoms with Gasteiger partial charge in [-0.15, -0.1) is 10.2 Å². The second kappa shape index (κ2) is 7.48. The Morgan fingerprint density at radius 3 is 2.29 bits per heavy atom. The fourth-order valence-electron chi connectivity index (χ4n) is 3.28. The fourth-order valence-corrected chi connectivity index (χ4v) is 3.28. The van der Waals surface area contributed by atoms with Crippen LogP contribution in [0.15, 0.2) is 72.8 Å². The van der Waals surface area contributed by atoms with Crippen molar-refractivity contribution in [1.29, 1.82) is 0 Å². The standard InChI is InChI=1S/C23H20N4O/c1-15-6-2-3-7-18(15)22-19-8-4-5-9-20(19)23(27-26-22)25-17-12-10-16(11-13-17)14-21(24)28/h2-13H,14H2,1H3,(H2,24,28)(H,25,27). The maximum Gasteiger partial charge on any atom is 0.221 e. The lowest BCUT2D eigenvalue weighted by Gasteiger charge is -2.12. The molecule has 1 heterocycles. The summed E-state index contributed by atoms with van der Waals surface area (Å²) in [5.41, 5.74) is 10.1. The summed E-state index contributed by atoms with van der Waals surface area (Å²) in [5, 5.41) is 14.3. The Morgan fingerprint density at radius 1 is 0.893 bits per heavy atom. The van der Waals surface area contributed by atoms with Crippen LogP contribution >= 0.6 is 0 Å². The van der Waals surface area contributed by atoms with E-state index in [4.69, 9.17) is 5.73 Å². The molecule has 0 bridgehead atoms.